The van der Waals surface area contributed by atoms with Crippen molar-refractivity contribution in [2.45, 2.75) is 38.1 Å². The van der Waals surface area contributed by atoms with Crippen LogP contribution in [0, 0.1) is 0 Å². The van der Waals surface area contributed by atoms with Crippen LogP contribution in [-0.2, 0) is 0 Å². The van der Waals surface area contributed by atoms with Crippen molar-refractivity contribution in [1.29, 1.82) is 0 Å². The van der Waals surface area contributed by atoms with Crippen LogP contribution in [0.5, 0.6) is 0 Å². The fourth-order valence-electron chi connectivity index (χ4n) is 1.74. The molecular weight excluding hydrogens is 168 g/mol. The van der Waals surface area contributed by atoms with Crippen LogP contribution in [0.4, 0.5) is 5.82 Å². The summed E-state index contributed by atoms with van der Waals surface area (Å²) in [5, 5.41) is 5.48. The van der Waals surface area contributed by atoms with Gasteiger partial charge in [0.25, 0.3) is 0 Å². The van der Waals surface area contributed by atoms with Gasteiger partial charge in [-0.3, -0.25) is 0 Å². The Hall–Kier alpha value is -0.570. The highest BCUT2D eigenvalue weighted by Crippen LogP contribution is 2.20. The SMILES string of the molecule is c1cc(NC2CCCCC2)ns1. The molecule has 1 aromatic heterocycles. The number of aromatic nitrogens is 1. The van der Waals surface area contributed by atoms with Gasteiger partial charge < -0.3 is 5.32 Å². The zero-order chi connectivity index (χ0) is 8.23. The minimum atomic E-state index is 0.681. The summed E-state index contributed by atoms with van der Waals surface area (Å²) in [4.78, 5) is 0. The Labute approximate surface area is 77.2 Å². The highest BCUT2D eigenvalue weighted by Gasteiger charge is 2.12. The topological polar surface area (TPSA) is 24.9 Å². The van der Waals surface area contributed by atoms with Crippen molar-refractivity contribution < 1.29 is 0 Å². The molecule has 2 rings (SSSR count). The lowest BCUT2D eigenvalue weighted by Gasteiger charge is -2.22. The lowest BCUT2D eigenvalue weighted by atomic mass is 9.96. The van der Waals surface area contributed by atoms with Crippen LogP contribution >= 0.6 is 11.5 Å². The maximum atomic E-state index is 4.24. The second-order valence-corrected chi connectivity index (χ2v) is 4.03. The standard InChI is InChI=1S/C9H14N2S/c1-2-4-8(5-3-1)10-9-6-7-12-11-9/h6-8H,1-5H2,(H,10,11). The van der Waals surface area contributed by atoms with Crippen LogP contribution in [0.15, 0.2) is 11.4 Å². The Balaban J connectivity index is 1.86. The molecule has 1 heterocycles. The zero-order valence-electron chi connectivity index (χ0n) is 7.12. The first kappa shape index (κ1) is 8.05. The molecule has 0 spiro atoms. The Morgan fingerprint density at radius 3 is 2.83 bits per heavy atom. The molecule has 0 saturated heterocycles. The van der Waals surface area contributed by atoms with Crippen LogP contribution in [0.1, 0.15) is 32.1 Å². The highest BCUT2D eigenvalue weighted by molar-refractivity contribution is 7.03. The third-order valence-electron chi connectivity index (χ3n) is 2.40. The van der Waals surface area contributed by atoms with E-state index in [-0.39, 0.29) is 0 Å². The van der Waals surface area contributed by atoms with Crippen LogP contribution < -0.4 is 5.32 Å². The summed E-state index contributed by atoms with van der Waals surface area (Å²) in [5.41, 5.74) is 0. The predicted molar refractivity (Wildman–Crippen MR) is 52.6 cm³/mol. The van der Waals surface area contributed by atoms with Crippen LogP contribution in [-0.4, -0.2) is 10.4 Å². The van der Waals surface area contributed by atoms with Gasteiger partial charge in [0.05, 0.1) is 0 Å². The molecule has 66 valence electrons. The van der Waals surface area contributed by atoms with E-state index >= 15 is 0 Å². The Morgan fingerprint density at radius 2 is 2.17 bits per heavy atom. The van der Waals surface area contributed by atoms with E-state index in [4.69, 9.17) is 0 Å². The summed E-state index contributed by atoms with van der Waals surface area (Å²) in [6, 6.07) is 2.74. The number of anilines is 1. The summed E-state index contributed by atoms with van der Waals surface area (Å²) in [7, 11) is 0. The number of hydrogen-bond acceptors (Lipinski definition) is 3. The monoisotopic (exact) mass is 182 g/mol. The Kier molecular flexibility index (Phi) is 2.61. The third kappa shape index (κ3) is 1.97. The van der Waals surface area contributed by atoms with Crippen molar-refractivity contribution in [1.82, 2.24) is 4.37 Å². The van der Waals surface area contributed by atoms with Gasteiger partial charge in [0, 0.05) is 11.4 Å². The van der Waals surface area contributed by atoms with E-state index in [1.807, 2.05) is 5.38 Å². The van der Waals surface area contributed by atoms with E-state index in [1.165, 1.54) is 43.6 Å². The van der Waals surface area contributed by atoms with Gasteiger partial charge in [-0.25, -0.2) is 0 Å². The van der Waals surface area contributed by atoms with Gasteiger partial charge in [0.15, 0.2) is 0 Å². The summed E-state index contributed by atoms with van der Waals surface area (Å²) < 4.78 is 4.24. The average molecular weight is 182 g/mol. The minimum absolute atomic E-state index is 0.681. The van der Waals surface area contributed by atoms with Crippen molar-refractivity contribution in [3.63, 3.8) is 0 Å². The van der Waals surface area contributed by atoms with Gasteiger partial charge in [-0.05, 0) is 30.4 Å². The van der Waals surface area contributed by atoms with E-state index in [9.17, 15) is 0 Å². The molecule has 0 radical (unpaired) electrons. The normalized spacial score (nSPS) is 19.3. The molecule has 12 heavy (non-hydrogen) atoms. The van der Waals surface area contributed by atoms with E-state index < -0.39 is 0 Å². The zero-order valence-corrected chi connectivity index (χ0v) is 7.94. The van der Waals surface area contributed by atoms with Crippen molar-refractivity contribution in [2.24, 2.45) is 0 Å². The van der Waals surface area contributed by atoms with Crippen molar-refractivity contribution >= 4 is 17.4 Å². The van der Waals surface area contributed by atoms with E-state index in [1.54, 1.807) is 0 Å². The van der Waals surface area contributed by atoms with Gasteiger partial charge in [-0.2, -0.15) is 4.37 Å². The van der Waals surface area contributed by atoms with E-state index in [2.05, 4.69) is 15.8 Å². The smallest absolute Gasteiger partial charge is 0.139 e. The minimum Gasteiger partial charge on any atom is -0.367 e. The maximum absolute atomic E-state index is 4.24. The van der Waals surface area contributed by atoms with Crippen molar-refractivity contribution in [3.8, 4) is 0 Å². The predicted octanol–water partition coefficient (Wildman–Crippen LogP) is 2.89. The summed E-state index contributed by atoms with van der Waals surface area (Å²) >= 11 is 1.52. The first-order valence-corrected chi connectivity index (χ1v) is 5.46. The molecule has 1 N–H and O–H groups in total. The second kappa shape index (κ2) is 3.90. The molecule has 0 unspecified atom stereocenters. The number of rotatable bonds is 2. The largest absolute Gasteiger partial charge is 0.367 e. The van der Waals surface area contributed by atoms with Gasteiger partial charge in [-0.15, -0.1) is 0 Å². The number of nitrogens with zero attached hydrogens (tertiary/aromatic N) is 1. The fraction of sp³-hybridized carbons (Fsp3) is 0.667. The van der Waals surface area contributed by atoms with Gasteiger partial charge in [0.2, 0.25) is 0 Å². The molecule has 0 aliphatic heterocycles. The molecule has 1 fully saturated rings. The van der Waals surface area contributed by atoms with Crippen LogP contribution in [0.3, 0.4) is 0 Å². The molecule has 2 nitrogen and oxygen atoms in total. The molecule has 0 amide bonds. The molecule has 0 atom stereocenters. The Bertz CT molecular complexity index is 214. The molecule has 1 saturated carbocycles. The molecule has 0 bridgehead atoms. The van der Waals surface area contributed by atoms with Crippen molar-refractivity contribution in [2.75, 3.05) is 5.32 Å². The lowest BCUT2D eigenvalue weighted by molar-refractivity contribution is 0.462. The fourth-order valence-corrected chi connectivity index (χ4v) is 2.22. The average Bonchev–Trinajstić information content (AvgIpc) is 2.59. The molecule has 1 aromatic rings. The van der Waals surface area contributed by atoms with Gasteiger partial charge >= 0.3 is 0 Å². The number of hydrogen-bond donors (Lipinski definition) is 1. The van der Waals surface area contributed by atoms with Crippen molar-refractivity contribution in [3.05, 3.63) is 11.4 Å². The highest BCUT2D eigenvalue weighted by atomic mass is 32.1. The Morgan fingerprint density at radius 1 is 1.33 bits per heavy atom. The van der Waals surface area contributed by atoms with E-state index in [0.717, 1.165) is 5.82 Å². The third-order valence-corrected chi connectivity index (χ3v) is 2.95. The lowest BCUT2D eigenvalue weighted by Crippen LogP contribution is -2.22. The second-order valence-electron chi connectivity index (χ2n) is 3.36. The maximum Gasteiger partial charge on any atom is 0.139 e. The van der Waals surface area contributed by atoms with Gasteiger partial charge in [-0.1, -0.05) is 19.3 Å². The van der Waals surface area contributed by atoms with Crippen LogP contribution in [0.25, 0.3) is 0 Å². The summed E-state index contributed by atoms with van der Waals surface area (Å²) in [6.07, 6.45) is 6.80. The first-order chi connectivity index (χ1) is 5.95. The quantitative estimate of drug-likeness (QED) is 0.760. The number of nitrogens with one attached hydrogen (secondary N) is 1. The molecule has 3 heteroatoms. The van der Waals surface area contributed by atoms with E-state index in [0.29, 0.717) is 6.04 Å². The summed E-state index contributed by atoms with van der Waals surface area (Å²) in [5.74, 6) is 1.06. The molecule has 0 aromatic carbocycles. The first-order valence-electron chi connectivity index (χ1n) is 4.62. The van der Waals surface area contributed by atoms with Gasteiger partial charge in [0.1, 0.15) is 5.82 Å². The summed E-state index contributed by atoms with van der Waals surface area (Å²) in [6.45, 7) is 0. The molecule has 1 aliphatic rings. The van der Waals surface area contributed by atoms with Crippen LogP contribution in [0.2, 0.25) is 0 Å². The molecular formula is C9H14N2S. The molecule has 1 aliphatic carbocycles.